The van der Waals surface area contributed by atoms with Gasteiger partial charge in [0.1, 0.15) is 5.75 Å². The Hall–Kier alpha value is -0.680. The van der Waals surface area contributed by atoms with E-state index in [0.717, 1.165) is 6.42 Å². The highest BCUT2D eigenvalue weighted by atomic mass is 35.5. The SMILES string of the molecule is Cl.N[C@@H]1CCN(C(=O)COc2cc(Cl)ccc2Cl)C1. The first kappa shape index (κ1) is 16.4. The molecule has 2 N–H and O–H groups in total. The van der Waals surface area contributed by atoms with Crippen LogP contribution in [-0.4, -0.2) is 36.5 Å². The zero-order valence-electron chi connectivity index (χ0n) is 10.1. The molecule has 1 aliphatic rings. The van der Waals surface area contributed by atoms with Gasteiger partial charge in [0.05, 0.1) is 5.02 Å². The topological polar surface area (TPSA) is 55.6 Å². The van der Waals surface area contributed by atoms with E-state index >= 15 is 0 Å². The minimum Gasteiger partial charge on any atom is -0.482 e. The highest BCUT2D eigenvalue weighted by Gasteiger charge is 2.23. The zero-order chi connectivity index (χ0) is 13.1. The molecule has 1 fully saturated rings. The lowest BCUT2D eigenvalue weighted by Crippen LogP contribution is -2.35. The highest BCUT2D eigenvalue weighted by molar-refractivity contribution is 6.34. The first-order valence-corrected chi connectivity index (χ1v) is 6.43. The van der Waals surface area contributed by atoms with E-state index in [-0.39, 0.29) is 31.0 Å². The number of carbonyl (C=O) groups is 1. The second-order valence-corrected chi connectivity index (χ2v) is 5.10. The number of hydrogen-bond acceptors (Lipinski definition) is 3. The molecule has 0 aliphatic carbocycles. The van der Waals surface area contributed by atoms with Gasteiger partial charge in [0, 0.05) is 30.2 Å². The van der Waals surface area contributed by atoms with Crippen LogP contribution in [0.25, 0.3) is 0 Å². The molecular formula is C12H15Cl3N2O2. The Labute approximate surface area is 128 Å². The van der Waals surface area contributed by atoms with Crippen molar-refractivity contribution in [3.8, 4) is 5.75 Å². The third-order valence-electron chi connectivity index (χ3n) is 2.82. The molecule has 0 bridgehead atoms. The van der Waals surface area contributed by atoms with Gasteiger partial charge in [-0.15, -0.1) is 12.4 Å². The van der Waals surface area contributed by atoms with E-state index in [9.17, 15) is 4.79 Å². The number of halogens is 3. The summed E-state index contributed by atoms with van der Waals surface area (Å²) in [4.78, 5) is 13.5. The Morgan fingerprint density at radius 2 is 2.21 bits per heavy atom. The number of amides is 1. The zero-order valence-corrected chi connectivity index (χ0v) is 12.5. The van der Waals surface area contributed by atoms with Gasteiger partial charge in [-0.25, -0.2) is 0 Å². The van der Waals surface area contributed by atoms with Crippen molar-refractivity contribution in [3.05, 3.63) is 28.2 Å². The quantitative estimate of drug-likeness (QED) is 0.928. The van der Waals surface area contributed by atoms with Crippen LogP contribution in [0.2, 0.25) is 10.0 Å². The largest absolute Gasteiger partial charge is 0.482 e. The van der Waals surface area contributed by atoms with Gasteiger partial charge in [-0.3, -0.25) is 4.79 Å². The lowest BCUT2D eigenvalue weighted by Gasteiger charge is -2.16. The fourth-order valence-corrected chi connectivity index (χ4v) is 2.17. The van der Waals surface area contributed by atoms with Crippen molar-refractivity contribution in [2.45, 2.75) is 12.5 Å². The third kappa shape index (κ3) is 4.42. The van der Waals surface area contributed by atoms with Crippen molar-refractivity contribution >= 4 is 41.5 Å². The van der Waals surface area contributed by atoms with Crippen LogP contribution < -0.4 is 10.5 Å². The minimum atomic E-state index is -0.0843. The summed E-state index contributed by atoms with van der Waals surface area (Å²) in [5.41, 5.74) is 5.74. The van der Waals surface area contributed by atoms with Gasteiger partial charge in [0.25, 0.3) is 5.91 Å². The normalized spacial score (nSPS) is 18.1. The average molecular weight is 326 g/mol. The number of ether oxygens (including phenoxy) is 1. The molecule has 0 unspecified atom stereocenters. The summed E-state index contributed by atoms with van der Waals surface area (Å²) in [6.45, 7) is 1.23. The van der Waals surface area contributed by atoms with Crippen molar-refractivity contribution < 1.29 is 9.53 Å². The number of nitrogens with two attached hydrogens (primary N) is 1. The van der Waals surface area contributed by atoms with Crippen molar-refractivity contribution in [3.63, 3.8) is 0 Å². The minimum absolute atomic E-state index is 0. The van der Waals surface area contributed by atoms with E-state index in [2.05, 4.69) is 0 Å². The van der Waals surface area contributed by atoms with Gasteiger partial charge in [-0.05, 0) is 18.6 Å². The summed E-state index contributed by atoms with van der Waals surface area (Å²) in [7, 11) is 0. The summed E-state index contributed by atoms with van der Waals surface area (Å²) in [6.07, 6.45) is 0.837. The number of rotatable bonds is 3. The lowest BCUT2D eigenvalue weighted by molar-refractivity contribution is -0.132. The second kappa shape index (κ2) is 7.20. The molecule has 1 heterocycles. The molecular weight excluding hydrogens is 311 g/mol. The van der Waals surface area contributed by atoms with Crippen molar-refractivity contribution in [1.82, 2.24) is 4.90 Å². The number of benzene rings is 1. The van der Waals surface area contributed by atoms with Gasteiger partial charge < -0.3 is 15.4 Å². The fraction of sp³-hybridized carbons (Fsp3) is 0.417. The molecule has 1 aliphatic heterocycles. The Bertz CT molecular complexity index is 457. The van der Waals surface area contributed by atoms with Crippen LogP contribution in [0.15, 0.2) is 18.2 Å². The predicted octanol–water partition coefficient (Wildman–Crippen LogP) is 2.35. The molecule has 1 aromatic rings. The molecule has 7 heteroatoms. The molecule has 1 amide bonds. The van der Waals surface area contributed by atoms with Gasteiger partial charge in [0.15, 0.2) is 6.61 Å². The Balaban J connectivity index is 0.00000180. The molecule has 2 rings (SSSR count). The Morgan fingerprint density at radius 3 is 2.84 bits per heavy atom. The maximum atomic E-state index is 11.8. The van der Waals surface area contributed by atoms with Crippen molar-refractivity contribution in [2.24, 2.45) is 5.73 Å². The molecule has 4 nitrogen and oxygen atoms in total. The van der Waals surface area contributed by atoms with Crippen LogP contribution in [0.3, 0.4) is 0 Å². The summed E-state index contributed by atoms with van der Waals surface area (Å²) >= 11 is 11.8. The van der Waals surface area contributed by atoms with Gasteiger partial charge in [0.2, 0.25) is 0 Å². The molecule has 0 spiro atoms. The molecule has 1 aromatic carbocycles. The molecule has 0 saturated carbocycles. The standard InChI is InChI=1S/C12H14Cl2N2O2.ClH/c13-8-1-2-10(14)11(5-8)18-7-12(17)16-4-3-9(15)6-16;/h1-2,5,9H,3-4,6-7,15H2;1H/t9-;/m1./s1. The van der Waals surface area contributed by atoms with Crippen molar-refractivity contribution in [1.29, 1.82) is 0 Å². The summed E-state index contributed by atoms with van der Waals surface area (Å²) in [5, 5.41) is 0.954. The number of nitrogens with zero attached hydrogens (tertiary/aromatic N) is 1. The third-order valence-corrected chi connectivity index (χ3v) is 3.37. The number of carbonyl (C=O) groups excluding carboxylic acids is 1. The summed E-state index contributed by atoms with van der Waals surface area (Å²) in [6, 6.07) is 4.96. The van der Waals surface area contributed by atoms with E-state index < -0.39 is 0 Å². The van der Waals surface area contributed by atoms with E-state index in [1.54, 1.807) is 23.1 Å². The summed E-state index contributed by atoms with van der Waals surface area (Å²) < 4.78 is 5.38. The van der Waals surface area contributed by atoms with Crippen LogP contribution in [0, 0.1) is 0 Å². The predicted molar refractivity (Wildman–Crippen MR) is 78.4 cm³/mol. The average Bonchev–Trinajstić information content (AvgIpc) is 2.77. The van der Waals surface area contributed by atoms with E-state index in [1.807, 2.05) is 0 Å². The molecule has 19 heavy (non-hydrogen) atoms. The fourth-order valence-electron chi connectivity index (χ4n) is 1.83. The Kier molecular flexibility index (Phi) is 6.20. The first-order chi connectivity index (χ1) is 8.56. The molecule has 1 saturated heterocycles. The maximum absolute atomic E-state index is 11.8. The molecule has 0 aromatic heterocycles. The van der Waals surface area contributed by atoms with Crippen LogP contribution in [0.1, 0.15) is 6.42 Å². The van der Waals surface area contributed by atoms with Gasteiger partial charge >= 0.3 is 0 Å². The van der Waals surface area contributed by atoms with Gasteiger partial charge in [-0.2, -0.15) is 0 Å². The van der Waals surface area contributed by atoms with E-state index in [4.69, 9.17) is 33.7 Å². The van der Waals surface area contributed by atoms with E-state index in [1.165, 1.54) is 0 Å². The van der Waals surface area contributed by atoms with Crippen LogP contribution in [0.4, 0.5) is 0 Å². The van der Waals surface area contributed by atoms with Crippen LogP contribution in [-0.2, 0) is 4.79 Å². The molecule has 0 radical (unpaired) electrons. The molecule has 1 atom stereocenters. The highest BCUT2D eigenvalue weighted by Crippen LogP contribution is 2.27. The van der Waals surface area contributed by atoms with E-state index in [0.29, 0.717) is 28.9 Å². The molecule has 106 valence electrons. The monoisotopic (exact) mass is 324 g/mol. The second-order valence-electron chi connectivity index (χ2n) is 4.25. The smallest absolute Gasteiger partial charge is 0.260 e. The first-order valence-electron chi connectivity index (χ1n) is 5.67. The Morgan fingerprint density at radius 1 is 1.47 bits per heavy atom. The van der Waals surface area contributed by atoms with Gasteiger partial charge in [-0.1, -0.05) is 23.2 Å². The number of likely N-dealkylation sites (tertiary alicyclic amines) is 1. The lowest BCUT2D eigenvalue weighted by atomic mass is 10.3. The number of hydrogen-bond donors (Lipinski definition) is 1. The van der Waals surface area contributed by atoms with Crippen molar-refractivity contribution in [2.75, 3.05) is 19.7 Å². The maximum Gasteiger partial charge on any atom is 0.260 e. The summed E-state index contributed by atoms with van der Waals surface area (Å²) in [5.74, 6) is 0.333. The van der Waals surface area contributed by atoms with Crippen LogP contribution in [0.5, 0.6) is 5.75 Å². The van der Waals surface area contributed by atoms with Crippen LogP contribution >= 0.6 is 35.6 Å².